The van der Waals surface area contributed by atoms with Crippen LogP contribution in [-0.2, 0) is 0 Å². The summed E-state index contributed by atoms with van der Waals surface area (Å²) in [6.07, 6.45) is 27.2. The number of hydrogen-bond donors (Lipinski definition) is 0. The Hall–Kier alpha value is 0.960. The monoisotopic (exact) mass is 493 g/mol. The highest BCUT2D eigenvalue weighted by molar-refractivity contribution is 9.10. The molecule has 0 bridgehead atoms. The Bertz CT molecular complexity index is 275. The zero-order chi connectivity index (χ0) is 19.5. The van der Waals surface area contributed by atoms with E-state index >= 15 is 0 Å². The first-order valence-electron chi connectivity index (χ1n) is 11.7. The van der Waals surface area contributed by atoms with Crippen LogP contribution in [0.1, 0.15) is 136 Å². The van der Waals surface area contributed by atoms with Gasteiger partial charge in [0.1, 0.15) is 0 Å². The summed E-state index contributed by atoms with van der Waals surface area (Å²) in [5, 5.41) is 0. The molecule has 0 aliphatic carbocycles. The van der Waals surface area contributed by atoms with Gasteiger partial charge in [-0.2, -0.15) is 0 Å². The molecule has 0 aromatic heterocycles. The molecule has 2 atom stereocenters. The predicted molar refractivity (Wildman–Crippen MR) is 129 cm³/mol. The second kappa shape index (κ2) is 19.3. The van der Waals surface area contributed by atoms with Crippen molar-refractivity contribution in [3.63, 3.8) is 0 Å². The molecule has 2 heteroatoms. The van der Waals surface area contributed by atoms with Crippen molar-refractivity contribution in [1.82, 2.24) is 0 Å². The molecule has 0 nitrogen and oxygen atoms in total. The van der Waals surface area contributed by atoms with Gasteiger partial charge in [0.05, 0.1) is 0 Å². The molecule has 0 N–H and O–H groups in total. The Morgan fingerprint density at radius 3 is 1.85 bits per heavy atom. The zero-order valence-electron chi connectivity index (χ0n) is 18.1. The Morgan fingerprint density at radius 2 is 1.23 bits per heavy atom. The summed E-state index contributed by atoms with van der Waals surface area (Å²) >= 11 is 7.85. The van der Waals surface area contributed by atoms with E-state index < -0.39 is 0 Å². The SMILES string of the molecule is CCCCCCCCCCC(C)(Br)CC[CH]CCC(Br)CCCCCC. The average molecular weight is 495 g/mol. The van der Waals surface area contributed by atoms with Crippen LogP contribution in [0.4, 0.5) is 0 Å². The van der Waals surface area contributed by atoms with Crippen LogP contribution >= 0.6 is 31.9 Å². The molecule has 0 aliphatic rings. The fraction of sp³-hybridized carbons (Fsp3) is 0.958. The molecule has 0 aromatic carbocycles. The highest BCUT2D eigenvalue weighted by atomic mass is 79.9. The molecule has 0 spiro atoms. The van der Waals surface area contributed by atoms with E-state index in [4.69, 9.17) is 0 Å². The van der Waals surface area contributed by atoms with Gasteiger partial charge in [-0.1, -0.05) is 123 Å². The fourth-order valence-corrected chi connectivity index (χ4v) is 4.63. The third kappa shape index (κ3) is 19.7. The highest BCUT2D eigenvalue weighted by Crippen LogP contribution is 2.31. The summed E-state index contributed by atoms with van der Waals surface area (Å²) in [5.74, 6) is 0. The van der Waals surface area contributed by atoms with Crippen molar-refractivity contribution in [3.8, 4) is 0 Å². The van der Waals surface area contributed by atoms with E-state index in [2.05, 4.69) is 59.1 Å². The van der Waals surface area contributed by atoms with Gasteiger partial charge in [0.2, 0.25) is 0 Å². The van der Waals surface area contributed by atoms with Crippen LogP contribution in [0.5, 0.6) is 0 Å². The predicted octanol–water partition coefficient (Wildman–Crippen LogP) is 10.2. The van der Waals surface area contributed by atoms with Crippen LogP contribution in [0.3, 0.4) is 0 Å². The third-order valence-corrected chi connectivity index (χ3v) is 7.18. The van der Waals surface area contributed by atoms with Crippen molar-refractivity contribution >= 4 is 31.9 Å². The lowest BCUT2D eigenvalue weighted by Crippen LogP contribution is -2.15. The van der Waals surface area contributed by atoms with Crippen molar-refractivity contribution in [2.45, 2.75) is 145 Å². The lowest BCUT2D eigenvalue weighted by atomic mass is 9.95. The van der Waals surface area contributed by atoms with Gasteiger partial charge >= 0.3 is 0 Å². The lowest BCUT2D eigenvalue weighted by Gasteiger charge is -2.22. The number of hydrogen-bond acceptors (Lipinski definition) is 0. The summed E-state index contributed by atoms with van der Waals surface area (Å²) < 4.78 is 0.347. The third-order valence-electron chi connectivity index (χ3n) is 5.48. The summed E-state index contributed by atoms with van der Waals surface area (Å²) in [5.41, 5.74) is 0. The van der Waals surface area contributed by atoms with Gasteiger partial charge < -0.3 is 0 Å². The molecule has 0 amide bonds. The van der Waals surface area contributed by atoms with E-state index in [1.165, 1.54) is 116 Å². The normalized spacial score (nSPS) is 15.1. The largest absolute Gasteiger partial charge is 0.0891 e. The van der Waals surface area contributed by atoms with Crippen molar-refractivity contribution in [2.75, 3.05) is 0 Å². The van der Waals surface area contributed by atoms with Gasteiger partial charge in [-0.25, -0.2) is 0 Å². The van der Waals surface area contributed by atoms with Crippen LogP contribution in [0.15, 0.2) is 0 Å². The summed E-state index contributed by atoms with van der Waals surface area (Å²) in [4.78, 5) is 0.725. The van der Waals surface area contributed by atoms with E-state index in [1.54, 1.807) is 0 Å². The summed E-state index contributed by atoms with van der Waals surface area (Å²) in [7, 11) is 0. The van der Waals surface area contributed by atoms with Gasteiger partial charge in [0.15, 0.2) is 0 Å². The minimum atomic E-state index is 0.347. The quantitative estimate of drug-likeness (QED) is 0.116. The number of unbranched alkanes of at least 4 members (excludes halogenated alkanes) is 12. The van der Waals surface area contributed by atoms with Crippen molar-refractivity contribution in [1.29, 1.82) is 0 Å². The highest BCUT2D eigenvalue weighted by Gasteiger charge is 2.18. The summed E-state index contributed by atoms with van der Waals surface area (Å²) in [6.45, 7) is 6.97. The molecule has 0 fully saturated rings. The minimum Gasteiger partial charge on any atom is -0.0891 e. The van der Waals surface area contributed by atoms with Crippen LogP contribution in [0.25, 0.3) is 0 Å². The van der Waals surface area contributed by atoms with Gasteiger partial charge in [-0.15, -0.1) is 0 Å². The first-order chi connectivity index (χ1) is 12.5. The van der Waals surface area contributed by atoms with Crippen LogP contribution in [-0.4, -0.2) is 9.15 Å². The van der Waals surface area contributed by atoms with Crippen LogP contribution < -0.4 is 0 Å². The van der Waals surface area contributed by atoms with E-state index in [0.29, 0.717) is 4.32 Å². The fourth-order valence-electron chi connectivity index (χ4n) is 3.54. The maximum absolute atomic E-state index is 3.99. The second-order valence-electron chi connectivity index (χ2n) is 8.49. The molecule has 1 radical (unpaired) electrons. The van der Waals surface area contributed by atoms with Crippen LogP contribution in [0.2, 0.25) is 0 Å². The van der Waals surface area contributed by atoms with Crippen molar-refractivity contribution < 1.29 is 0 Å². The summed E-state index contributed by atoms with van der Waals surface area (Å²) in [6, 6.07) is 0. The Kier molecular flexibility index (Phi) is 20.0. The van der Waals surface area contributed by atoms with E-state index in [9.17, 15) is 0 Å². The standard InChI is InChI=1S/C24H47Br2/c1-4-6-8-10-11-12-13-17-21-24(3,26)22-18-14-16-20-23(25)19-15-9-7-5-2/h14,23H,4-13,15-22H2,1-3H3. The van der Waals surface area contributed by atoms with Crippen LogP contribution in [0, 0.1) is 6.42 Å². The maximum atomic E-state index is 3.99. The van der Waals surface area contributed by atoms with Gasteiger partial charge in [0, 0.05) is 9.15 Å². The molecule has 0 aromatic rings. The maximum Gasteiger partial charge on any atom is 0.0230 e. The zero-order valence-corrected chi connectivity index (χ0v) is 21.3. The minimum absolute atomic E-state index is 0.347. The molecule has 0 saturated heterocycles. The first kappa shape index (κ1) is 27.0. The van der Waals surface area contributed by atoms with E-state index in [0.717, 1.165) is 4.83 Å². The second-order valence-corrected chi connectivity index (χ2v) is 11.7. The molecular formula is C24H47Br2. The molecular weight excluding hydrogens is 448 g/mol. The molecule has 0 rings (SSSR count). The average Bonchev–Trinajstić information content (AvgIpc) is 2.60. The molecule has 0 heterocycles. The van der Waals surface area contributed by atoms with Gasteiger partial charge in [0.25, 0.3) is 0 Å². The molecule has 0 aliphatic heterocycles. The van der Waals surface area contributed by atoms with E-state index in [1.807, 2.05) is 0 Å². The number of rotatable bonds is 20. The van der Waals surface area contributed by atoms with E-state index in [-0.39, 0.29) is 0 Å². The van der Waals surface area contributed by atoms with Gasteiger partial charge in [-0.3, -0.25) is 0 Å². The molecule has 157 valence electrons. The lowest BCUT2D eigenvalue weighted by molar-refractivity contribution is 0.493. The van der Waals surface area contributed by atoms with Gasteiger partial charge in [-0.05, 0) is 51.9 Å². The number of halogens is 2. The number of alkyl halides is 2. The smallest absolute Gasteiger partial charge is 0.0230 e. The topological polar surface area (TPSA) is 0 Å². The Morgan fingerprint density at radius 1 is 0.692 bits per heavy atom. The van der Waals surface area contributed by atoms with Crippen molar-refractivity contribution in [3.05, 3.63) is 6.42 Å². The molecule has 0 saturated carbocycles. The Labute approximate surface area is 183 Å². The molecule has 2 unspecified atom stereocenters. The first-order valence-corrected chi connectivity index (χ1v) is 13.4. The Balaban J connectivity index is 3.45. The molecule has 26 heavy (non-hydrogen) atoms. The van der Waals surface area contributed by atoms with Crippen molar-refractivity contribution in [2.24, 2.45) is 0 Å².